The van der Waals surface area contributed by atoms with Crippen LogP contribution in [0.25, 0.3) is 10.9 Å². The summed E-state index contributed by atoms with van der Waals surface area (Å²) in [6.45, 7) is 4.93. The SMILES string of the molecule is CC(C)(C)OC(=O)N[C@H]1COc2cccc3cc(CO)n(c23)C1=O. The van der Waals surface area contributed by atoms with Crippen molar-refractivity contribution in [2.24, 2.45) is 0 Å². The van der Waals surface area contributed by atoms with E-state index < -0.39 is 17.7 Å². The van der Waals surface area contributed by atoms with E-state index in [1.54, 1.807) is 32.9 Å². The van der Waals surface area contributed by atoms with Gasteiger partial charge < -0.3 is 19.9 Å². The second kappa shape index (κ2) is 5.83. The van der Waals surface area contributed by atoms with Gasteiger partial charge in [-0.25, -0.2) is 4.79 Å². The molecular weight excluding hydrogens is 312 g/mol. The average Bonchev–Trinajstić information content (AvgIpc) is 2.81. The van der Waals surface area contributed by atoms with Crippen LogP contribution in [-0.4, -0.2) is 39.9 Å². The number of amides is 1. The Morgan fingerprint density at radius 3 is 2.88 bits per heavy atom. The third-order valence-corrected chi connectivity index (χ3v) is 3.64. The standard InChI is InChI=1S/C17H20N2O5/c1-17(2,3)24-16(22)18-12-9-23-13-6-4-5-10-7-11(8-20)19(14(10)13)15(12)21/h4-7,12,20H,8-9H2,1-3H3,(H,18,22)/t12-/m0/s1. The van der Waals surface area contributed by atoms with E-state index in [1.807, 2.05) is 12.1 Å². The van der Waals surface area contributed by atoms with Gasteiger partial charge in [-0.3, -0.25) is 9.36 Å². The van der Waals surface area contributed by atoms with E-state index in [0.717, 1.165) is 5.39 Å². The minimum atomic E-state index is -0.909. The van der Waals surface area contributed by atoms with Crippen molar-refractivity contribution in [3.8, 4) is 5.75 Å². The van der Waals surface area contributed by atoms with Gasteiger partial charge in [-0.1, -0.05) is 12.1 Å². The molecule has 0 saturated carbocycles. The molecule has 1 amide bonds. The molecule has 1 aliphatic rings. The summed E-state index contributed by atoms with van der Waals surface area (Å²) < 4.78 is 12.3. The Morgan fingerprint density at radius 1 is 1.46 bits per heavy atom. The number of rotatable bonds is 2. The Bertz CT molecular complexity index is 803. The van der Waals surface area contributed by atoms with Gasteiger partial charge >= 0.3 is 6.09 Å². The minimum Gasteiger partial charge on any atom is -0.489 e. The molecule has 1 aliphatic heterocycles. The quantitative estimate of drug-likeness (QED) is 0.878. The van der Waals surface area contributed by atoms with Crippen molar-refractivity contribution < 1.29 is 24.2 Å². The predicted molar refractivity (Wildman–Crippen MR) is 87.1 cm³/mol. The highest BCUT2D eigenvalue weighted by Crippen LogP contribution is 2.31. The average molecular weight is 332 g/mol. The number of ether oxygens (including phenoxy) is 2. The van der Waals surface area contributed by atoms with Crippen LogP contribution >= 0.6 is 0 Å². The molecule has 24 heavy (non-hydrogen) atoms. The van der Waals surface area contributed by atoms with Crippen LogP contribution in [-0.2, 0) is 11.3 Å². The number of nitrogens with one attached hydrogen (secondary N) is 1. The van der Waals surface area contributed by atoms with Crippen LogP contribution in [0.1, 0.15) is 31.3 Å². The summed E-state index contributed by atoms with van der Waals surface area (Å²) in [6, 6.07) is 6.23. The fraction of sp³-hybridized carbons (Fsp3) is 0.412. The van der Waals surface area contributed by atoms with Gasteiger partial charge in [-0.05, 0) is 32.9 Å². The number of aromatic nitrogens is 1. The monoisotopic (exact) mass is 332 g/mol. The van der Waals surface area contributed by atoms with Crippen molar-refractivity contribution in [1.29, 1.82) is 0 Å². The molecule has 0 radical (unpaired) electrons. The molecule has 0 aliphatic carbocycles. The van der Waals surface area contributed by atoms with Crippen LogP contribution in [0.3, 0.4) is 0 Å². The van der Waals surface area contributed by atoms with Gasteiger partial charge in [0.1, 0.15) is 24.0 Å². The maximum absolute atomic E-state index is 12.9. The Morgan fingerprint density at radius 2 is 2.21 bits per heavy atom. The largest absolute Gasteiger partial charge is 0.489 e. The molecule has 2 heterocycles. The third kappa shape index (κ3) is 2.94. The lowest BCUT2D eigenvalue weighted by Gasteiger charge is -2.22. The number of alkyl carbamates (subject to hydrolysis) is 1. The van der Waals surface area contributed by atoms with Gasteiger partial charge in [0, 0.05) is 5.39 Å². The molecule has 0 fully saturated rings. The summed E-state index contributed by atoms with van der Waals surface area (Å²) in [6.07, 6.45) is -0.690. The number of aliphatic hydroxyl groups is 1. The number of nitrogens with zero attached hydrogens (tertiary/aromatic N) is 1. The van der Waals surface area contributed by atoms with Gasteiger partial charge in [-0.2, -0.15) is 0 Å². The molecule has 2 aromatic rings. The first-order valence-electron chi connectivity index (χ1n) is 7.71. The van der Waals surface area contributed by atoms with E-state index in [2.05, 4.69) is 5.32 Å². The zero-order valence-corrected chi connectivity index (χ0v) is 13.8. The number of carbonyl (C=O) groups excluding carboxylic acids is 2. The van der Waals surface area contributed by atoms with Crippen LogP contribution < -0.4 is 10.1 Å². The molecule has 0 bridgehead atoms. The molecule has 0 saturated heterocycles. The zero-order chi connectivity index (χ0) is 17.5. The van der Waals surface area contributed by atoms with Gasteiger partial charge in [0.05, 0.1) is 17.8 Å². The number of hydrogen-bond acceptors (Lipinski definition) is 5. The van der Waals surface area contributed by atoms with Crippen LogP contribution in [0.2, 0.25) is 0 Å². The zero-order valence-electron chi connectivity index (χ0n) is 13.8. The first kappa shape index (κ1) is 16.3. The van der Waals surface area contributed by atoms with Crippen molar-refractivity contribution in [3.05, 3.63) is 30.0 Å². The number of para-hydroxylation sites is 1. The summed E-state index contributed by atoms with van der Waals surface area (Å²) >= 11 is 0. The normalized spacial score (nSPS) is 17.3. The van der Waals surface area contributed by atoms with E-state index in [0.29, 0.717) is 17.0 Å². The van der Waals surface area contributed by atoms with E-state index >= 15 is 0 Å². The first-order valence-corrected chi connectivity index (χ1v) is 7.71. The van der Waals surface area contributed by atoms with Crippen molar-refractivity contribution in [2.75, 3.05) is 6.61 Å². The van der Waals surface area contributed by atoms with Gasteiger partial charge in [0.15, 0.2) is 0 Å². The predicted octanol–water partition coefficient (Wildman–Crippen LogP) is 2.06. The van der Waals surface area contributed by atoms with Gasteiger partial charge in [0.2, 0.25) is 0 Å². The fourth-order valence-electron chi connectivity index (χ4n) is 2.72. The molecule has 7 heteroatoms. The van der Waals surface area contributed by atoms with Crippen molar-refractivity contribution >= 4 is 22.9 Å². The van der Waals surface area contributed by atoms with Crippen LogP contribution in [0.4, 0.5) is 4.79 Å². The summed E-state index contributed by atoms with van der Waals surface area (Å²) in [5.41, 5.74) is 0.377. The Hall–Kier alpha value is -2.54. The molecule has 2 N–H and O–H groups in total. The fourth-order valence-corrected chi connectivity index (χ4v) is 2.72. The lowest BCUT2D eigenvalue weighted by molar-refractivity contribution is 0.0464. The smallest absolute Gasteiger partial charge is 0.408 e. The molecule has 1 aromatic carbocycles. The molecular formula is C17H20N2O5. The number of carbonyl (C=O) groups is 2. The first-order chi connectivity index (χ1) is 11.3. The molecule has 1 atom stereocenters. The lowest BCUT2D eigenvalue weighted by Crippen LogP contribution is -2.48. The molecule has 128 valence electrons. The van der Waals surface area contributed by atoms with Crippen molar-refractivity contribution in [3.63, 3.8) is 0 Å². The topological polar surface area (TPSA) is 89.8 Å². The van der Waals surface area contributed by atoms with Crippen LogP contribution in [0, 0.1) is 0 Å². The van der Waals surface area contributed by atoms with Crippen molar-refractivity contribution in [1.82, 2.24) is 9.88 Å². The Balaban J connectivity index is 1.95. The van der Waals surface area contributed by atoms with Crippen LogP contribution in [0.15, 0.2) is 24.3 Å². The highest BCUT2D eigenvalue weighted by Gasteiger charge is 2.31. The highest BCUT2D eigenvalue weighted by molar-refractivity contribution is 6.00. The maximum atomic E-state index is 12.9. The minimum absolute atomic E-state index is 0.0102. The molecule has 1 aromatic heterocycles. The molecule has 0 unspecified atom stereocenters. The van der Waals surface area contributed by atoms with E-state index in [-0.39, 0.29) is 19.1 Å². The number of hydrogen-bond donors (Lipinski definition) is 2. The Labute approximate surface area is 139 Å². The molecule has 7 nitrogen and oxygen atoms in total. The van der Waals surface area contributed by atoms with Crippen LogP contribution in [0.5, 0.6) is 5.75 Å². The highest BCUT2D eigenvalue weighted by atomic mass is 16.6. The maximum Gasteiger partial charge on any atom is 0.408 e. The van der Waals surface area contributed by atoms with E-state index in [9.17, 15) is 14.7 Å². The van der Waals surface area contributed by atoms with E-state index in [4.69, 9.17) is 9.47 Å². The second-order valence-electron chi connectivity index (χ2n) is 6.67. The number of benzene rings is 1. The van der Waals surface area contributed by atoms with Gasteiger partial charge in [0.25, 0.3) is 5.91 Å². The van der Waals surface area contributed by atoms with Gasteiger partial charge in [-0.15, -0.1) is 0 Å². The Kier molecular flexibility index (Phi) is 3.96. The third-order valence-electron chi connectivity index (χ3n) is 3.64. The van der Waals surface area contributed by atoms with Crippen molar-refractivity contribution in [2.45, 2.75) is 39.0 Å². The second-order valence-corrected chi connectivity index (χ2v) is 6.67. The summed E-state index contributed by atoms with van der Waals surface area (Å²) in [7, 11) is 0. The summed E-state index contributed by atoms with van der Waals surface area (Å²) in [5.74, 6) is 0.166. The summed E-state index contributed by atoms with van der Waals surface area (Å²) in [5, 5.41) is 12.9. The summed E-state index contributed by atoms with van der Waals surface area (Å²) in [4.78, 5) is 24.9. The molecule has 3 rings (SSSR count). The lowest BCUT2D eigenvalue weighted by atomic mass is 10.2. The number of aliphatic hydroxyl groups excluding tert-OH is 1. The molecule has 0 spiro atoms. The van der Waals surface area contributed by atoms with E-state index in [1.165, 1.54) is 4.57 Å².